The van der Waals surface area contributed by atoms with E-state index in [0.717, 1.165) is 17.7 Å². The van der Waals surface area contributed by atoms with E-state index in [-0.39, 0.29) is 36.2 Å². The van der Waals surface area contributed by atoms with E-state index in [9.17, 15) is 22.4 Å². The number of pyridine rings is 1. The first-order valence-corrected chi connectivity index (χ1v) is 7.22. The van der Waals surface area contributed by atoms with Crippen molar-refractivity contribution in [2.75, 3.05) is 11.9 Å². The summed E-state index contributed by atoms with van der Waals surface area (Å²) in [5.74, 6) is -1.29. The van der Waals surface area contributed by atoms with Crippen LogP contribution in [0, 0.1) is 5.82 Å². The number of alkyl halides is 3. The minimum atomic E-state index is -4.53. The molecule has 10 heteroatoms. The van der Waals surface area contributed by atoms with Crippen LogP contribution in [0.25, 0.3) is 0 Å². The number of fused-ring (bicyclic) bond motifs is 1. The second kappa shape index (κ2) is 8.66. The molecule has 0 bridgehead atoms. The summed E-state index contributed by atoms with van der Waals surface area (Å²) >= 11 is 0. The molecule has 0 saturated carbocycles. The first-order chi connectivity index (χ1) is 11.4. The maximum atomic E-state index is 14.4. The zero-order chi connectivity index (χ0) is 17.3. The van der Waals surface area contributed by atoms with E-state index < -0.39 is 23.5 Å². The van der Waals surface area contributed by atoms with Gasteiger partial charge in [0.2, 0.25) is 0 Å². The van der Waals surface area contributed by atoms with Gasteiger partial charge in [0.05, 0.1) is 11.3 Å². The molecule has 0 fully saturated rings. The third-order valence-corrected chi connectivity index (χ3v) is 3.78. The number of benzene rings is 1. The molecule has 1 aliphatic heterocycles. The molecule has 0 spiro atoms. The van der Waals surface area contributed by atoms with Crippen LogP contribution in [0.15, 0.2) is 30.5 Å². The molecule has 3 rings (SSSR count). The van der Waals surface area contributed by atoms with Crippen molar-refractivity contribution in [3.05, 3.63) is 58.7 Å². The molecule has 0 saturated heterocycles. The average Bonchev–Trinajstić information content (AvgIpc) is 2.57. The lowest BCUT2D eigenvalue weighted by Gasteiger charge is -2.19. The van der Waals surface area contributed by atoms with Crippen molar-refractivity contribution >= 4 is 36.4 Å². The molecule has 1 aliphatic rings. The van der Waals surface area contributed by atoms with Gasteiger partial charge in [-0.05, 0) is 42.3 Å². The number of nitrogens with zero attached hydrogens (tertiary/aromatic N) is 1. The van der Waals surface area contributed by atoms with Crippen LogP contribution >= 0.6 is 24.8 Å². The summed E-state index contributed by atoms with van der Waals surface area (Å²) in [7, 11) is 0. The average molecular weight is 412 g/mol. The van der Waals surface area contributed by atoms with Gasteiger partial charge in [0.25, 0.3) is 5.91 Å². The fraction of sp³-hybridized carbons (Fsp3) is 0.250. The Hall–Kier alpha value is -1.90. The third kappa shape index (κ3) is 4.63. The van der Waals surface area contributed by atoms with Crippen molar-refractivity contribution in [3.63, 3.8) is 0 Å². The topological polar surface area (TPSA) is 54.0 Å². The van der Waals surface area contributed by atoms with Crippen molar-refractivity contribution in [3.8, 4) is 0 Å². The zero-order valence-corrected chi connectivity index (χ0v) is 14.8. The van der Waals surface area contributed by atoms with Crippen LogP contribution in [0.3, 0.4) is 0 Å². The molecule has 2 heterocycles. The fourth-order valence-electron chi connectivity index (χ4n) is 2.51. The molecule has 1 aromatic carbocycles. The summed E-state index contributed by atoms with van der Waals surface area (Å²) in [6.45, 7) is 1.20. The maximum Gasteiger partial charge on any atom is 0.417 e. The Balaban J connectivity index is 0.00000169. The summed E-state index contributed by atoms with van der Waals surface area (Å²) in [6.07, 6.45) is -3.45. The highest BCUT2D eigenvalue weighted by atomic mass is 35.5. The maximum absolute atomic E-state index is 14.4. The molecule has 0 aliphatic carbocycles. The van der Waals surface area contributed by atoms with Crippen molar-refractivity contribution in [2.24, 2.45) is 0 Å². The van der Waals surface area contributed by atoms with Crippen LogP contribution in [0.1, 0.15) is 27.2 Å². The minimum Gasteiger partial charge on any atom is -0.318 e. The standard InChI is InChI=1S/C16H13F4N3O.2ClH/c17-14-11-5-6-21-7-9(11)1-3-12(14)23-15(24)13-4-2-10(8-22-13)16(18,19)20;;/h1-4,8,21H,5-7H2,(H,23,24);2*1H. The van der Waals surface area contributed by atoms with Crippen molar-refractivity contribution < 1.29 is 22.4 Å². The molecule has 1 aromatic heterocycles. The molecule has 4 nitrogen and oxygen atoms in total. The second-order valence-electron chi connectivity index (χ2n) is 5.38. The van der Waals surface area contributed by atoms with Gasteiger partial charge in [-0.25, -0.2) is 4.39 Å². The molecule has 26 heavy (non-hydrogen) atoms. The van der Waals surface area contributed by atoms with Gasteiger partial charge in [-0.15, -0.1) is 24.8 Å². The highest BCUT2D eigenvalue weighted by Gasteiger charge is 2.31. The Bertz CT molecular complexity index is 782. The van der Waals surface area contributed by atoms with Gasteiger partial charge in [0, 0.05) is 12.7 Å². The first-order valence-electron chi connectivity index (χ1n) is 7.22. The smallest absolute Gasteiger partial charge is 0.318 e. The first kappa shape index (κ1) is 22.1. The lowest BCUT2D eigenvalue weighted by molar-refractivity contribution is -0.137. The molecule has 0 atom stereocenters. The molecule has 142 valence electrons. The summed E-state index contributed by atoms with van der Waals surface area (Å²) < 4.78 is 51.9. The number of rotatable bonds is 2. The van der Waals surface area contributed by atoms with E-state index in [0.29, 0.717) is 31.3 Å². The highest BCUT2D eigenvalue weighted by Crippen LogP contribution is 2.29. The van der Waals surface area contributed by atoms with Gasteiger partial charge in [0.15, 0.2) is 0 Å². The number of hydrogen-bond acceptors (Lipinski definition) is 3. The van der Waals surface area contributed by atoms with Crippen molar-refractivity contribution in [2.45, 2.75) is 19.1 Å². The van der Waals surface area contributed by atoms with E-state index >= 15 is 0 Å². The van der Waals surface area contributed by atoms with Crippen molar-refractivity contribution in [1.29, 1.82) is 0 Å². The van der Waals surface area contributed by atoms with Gasteiger partial charge in [-0.1, -0.05) is 6.07 Å². The second-order valence-corrected chi connectivity index (χ2v) is 5.38. The summed E-state index contributed by atoms with van der Waals surface area (Å²) in [5.41, 5.74) is 0.173. The van der Waals surface area contributed by atoms with Gasteiger partial charge in [-0.3, -0.25) is 9.78 Å². The SMILES string of the molecule is Cl.Cl.O=C(Nc1ccc2c(c1F)CCNC2)c1ccc(C(F)(F)F)cn1. The summed E-state index contributed by atoms with van der Waals surface area (Å²) in [5, 5.41) is 5.47. The number of halogens is 6. The number of anilines is 1. The number of nitrogens with one attached hydrogen (secondary N) is 2. The highest BCUT2D eigenvalue weighted by molar-refractivity contribution is 6.03. The largest absolute Gasteiger partial charge is 0.417 e. The Morgan fingerprint density at radius 3 is 2.50 bits per heavy atom. The Labute approximate surface area is 159 Å². The molecular formula is C16H15Cl2F4N3O. The molecule has 2 N–H and O–H groups in total. The normalized spacial score (nSPS) is 13.1. The molecule has 1 amide bonds. The Morgan fingerprint density at radius 1 is 1.15 bits per heavy atom. The van der Waals surface area contributed by atoms with E-state index in [1.54, 1.807) is 6.07 Å². The predicted molar refractivity (Wildman–Crippen MR) is 93.5 cm³/mol. The predicted octanol–water partition coefficient (Wildman–Crippen LogP) is 3.98. The van der Waals surface area contributed by atoms with Crippen LogP contribution < -0.4 is 10.6 Å². The van der Waals surface area contributed by atoms with Gasteiger partial charge in [-0.2, -0.15) is 13.2 Å². The Kier molecular flexibility index (Phi) is 7.37. The quantitative estimate of drug-likeness (QED) is 0.734. The monoisotopic (exact) mass is 411 g/mol. The number of amides is 1. The van der Waals surface area contributed by atoms with Crippen LogP contribution in [0.4, 0.5) is 23.2 Å². The molecule has 2 aromatic rings. The third-order valence-electron chi connectivity index (χ3n) is 3.78. The number of carbonyl (C=O) groups is 1. The zero-order valence-electron chi connectivity index (χ0n) is 13.2. The van der Waals surface area contributed by atoms with E-state index in [1.165, 1.54) is 6.07 Å². The van der Waals surface area contributed by atoms with E-state index in [1.807, 2.05) is 0 Å². The molecular weight excluding hydrogens is 397 g/mol. The minimum absolute atomic E-state index is 0. The van der Waals surface area contributed by atoms with Crippen LogP contribution in [-0.4, -0.2) is 17.4 Å². The van der Waals surface area contributed by atoms with E-state index in [4.69, 9.17) is 0 Å². The Morgan fingerprint density at radius 2 is 1.88 bits per heavy atom. The molecule has 0 radical (unpaired) electrons. The van der Waals surface area contributed by atoms with Gasteiger partial charge < -0.3 is 10.6 Å². The number of aromatic nitrogens is 1. The number of hydrogen-bond donors (Lipinski definition) is 2. The fourth-order valence-corrected chi connectivity index (χ4v) is 2.51. The van der Waals surface area contributed by atoms with Crippen LogP contribution in [-0.2, 0) is 19.1 Å². The number of carbonyl (C=O) groups excluding carboxylic acids is 1. The van der Waals surface area contributed by atoms with E-state index in [2.05, 4.69) is 15.6 Å². The lowest BCUT2D eigenvalue weighted by atomic mass is 9.99. The summed E-state index contributed by atoms with van der Waals surface area (Å²) in [6, 6.07) is 4.86. The van der Waals surface area contributed by atoms with Gasteiger partial charge >= 0.3 is 6.18 Å². The summed E-state index contributed by atoms with van der Waals surface area (Å²) in [4.78, 5) is 15.6. The van der Waals surface area contributed by atoms with Crippen LogP contribution in [0.5, 0.6) is 0 Å². The van der Waals surface area contributed by atoms with Crippen LogP contribution in [0.2, 0.25) is 0 Å². The molecule has 0 unspecified atom stereocenters. The van der Waals surface area contributed by atoms with Crippen molar-refractivity contribution in [1.82, 2.24) is 10.3 Å². The lowest BCUT2D eigenvalue weighted by Crippen LogP contribution is -2.25. The van der Waals surface area contributed by atoms with Gasteiger partial charge in [0.1, 0.15) is 11.5 Å².